The number of carbonyl (C=O) groups excluding carboxylic acids is 1. The van der Waals surface area contributed by atoms with Gasteiger partial charge in [0.1, 0.15) is 16.9 Å². The molecule has 1 aliphatic carbocycles. The number of nitriles is 1. The lowest BCUT2D eigenvalue weighted by Gasteiger charge is -2.35. The van der Waals surface area contributed by atoms with Crippen LogP contribution in [-0.4, -0.2) is 48.5 Å². The Balaban J connectivity index is 1.26. The minimum atomic E-state index is -0.0121. The topological polar surface area (TPSA) is 72.3 Å². The van der Waals surface area contributed by atoms with Gasteiger partial charge in [-0.05, 0) is 43.4 Å². The Labute approximate surface area is 180 Å². The molecule has 0 aromatic carbocycles. The molecule has 2 aromatic heterocycles. The predicted molar refractivity (Wildman–Crippen MR) is 117 cm³/mol. The van der Waals surface area contributed by atoms with Gasteiger partial charge in [0, 0.05) is 50.2 Å². The number of hydrogen-bond donors (Lipinski definition) is 1. The van der Waals surface area contributed by atoms with E-state index in [2.05, 4.69) is 26.2 Å². The molecule has 1 saturated heterocycles. The van der Waals surface area contributed by atoms with E-state index in [1.165, 1.54) is 11.3 Å². The summed E-state index contributed by atoms with van der Waals surface area (Å²) in [6.07, 6.45) is 6.39. The average molecular weight is 430 g/mol. The minimum absolute atomic E-state index is 0.0121. The molecule has 2 aromatic rings. The van der Waals surface area contributed by atoms with E-state index >= 15 is 0 Å². The zero-order valence-electron chi connectivity index (χ0n) is 16.3. The second kappa shape index (κ2) is 9.12. The first kappa shape index (κ1) is 20.1. The fraction of sp³-hybridized carbons (Fsp3) is 0.476. The number of nitrogens with one attached hydrogen (secondary N) is 1. The molecule has 6 nitrogen and oxygen atoms in total. The summed E-state index contributed by atoms with van der Waals surface area (Å²) < 4.78 is 0. The summed E-state index contributed by atoms with van der Waals surface area (Å²) in [6.45, 7) is 4.28. The summed E-state index contributed by atoms with van der Waals surface area (Å²) in [5.41, 5.74) is 1.84. The summed E-state index contributed by atoms with van der Waals surface area (Å²) in [6, 6.07) is 6.11. The van der Waals surface area contributed by atoms with Crippen molar-refractivity contribution in [2.24, 2.45) is 0 Å². The Morgan fingerprint density at radius 2 is 2.03 bits per heavy atom. The van der Waals surface area contributed by atoms with Crippen LogP contribution in [0.3, 0.4) is 0 Å². The number of anilines is 2. The van der Waals surface area contributed by atoms with E-state index in [1.807, 2.05) is 12.1 Å². The normalized spacial score (nSPS) is 16.9. The third-order valence-electron chi connectivity index (χ3n) is 5.60. The summed E-state index contributed by atoms with van der Waals surface area (Å²) in [5, 5.41) is 13.9. The summed E-state index contributed by atoms with van der Waals surface area (Å²) in [7, 11) is 0. The van der Waals surface area contributed by atoms with Gasteiger partial charge in [0.2, 0.25) is 5.91 Å². The summed E-state index contributed by atoms with van der Waals surface area (Å²) in [4.78, 5) is 22.7. The number of piperazine rings is 1. The van der Waals surface area contributed by atoms with Crippen LogP contribution < -0.4 is 10.2 Å². The number of thiophene rings is 1. The molecule has 2 aliphatic rings. The molecular weight excluding hydrogens is 406 g/mol. The molecule has 0 saturated carbocycles. The van der Waals surface area contributed by atoms with Gasteiger partial charge in [0.25, 0.3) is 0 Å². The highest BCUT2D eigenvalue weighted by atomic mass is 35.5. The maximum absolute atomic E-state index is 12.5. The van der Waals surface area contributed by atoms with E-state index in [-0.39, 0.29) is 5.91 Å². The van der Waals surface area contributed by atoms with E-state index in [0.29, 0.717) is 17.0 Å². The average Bonchev–Trinajstić information content (AvgIpc) is 3.10. The predicted octanol–water partition coefficient (Wildman–Crippen LogP) is 3.70. The van der Waals surface area contributed by atoms with Crippen molar-refractivity contribution in [2.45, 2.75) is 32.1 Å². The molecule has 0 spiro atoms. The Bertz CT molecular complexity index is 912. The maximum Gasteiger partial charge on any atom is 0.226 e. The van der Waals surface area contributed by atoms with E-state index in [0.717, 1.165) is 68.4 Å². The van der Waals surface area contributed by atoms with Crippen LogP contribution in [0.5, 0.6) is 0 Å². The molecule has 152 valence electrons. The van der Waals surface area contributed by atoms with Crippen LogP contribution in [0.2, 0.25) is 5.02 Å². The second-order valence-corrected chi connectivity index (χ2v) is 9.03. The number of aromatic nitrogens is 1. The van der Waals surface area contributed by atoms with E-state index in [1.54, 1.807) is 17.5 Å². The van der Waals surface area contributed by atoms with Crippen molar-refractivity contribution in [2.75, 3.05) is 42.9 Å². The van der Waals surface area contributed by atoms with Crippen LogP contribution in [0.1, 0.15) is 35.3 Å². The van der Waals surface area contributed by atoms with Crippen molar-refractivity contribution in [3.05, 3.63) is 39.4 Å². The molecule has 4 rings (SSSR count). The molecule has 29 heavy (non-hydrogen) atoms. The molecule has 0 unspecified atom stereocenters. The second-order valence-electron chi connectivity index (χ2n) is 7.49. The highest BCUT2D eigenvalue weighted by molar-refractivity contribution is 7.16. The van der Waals surface area contributed by atoms with Crippen LogP contribution in [-0.2, 0) is 17.6 Å². The molecule has 1 amide bonds. The number of aryl methyl sites for hydroxylation is 1. The lowest BCUT2D eigenvalue weighted by Crippen LogP contribution is -2.47. The Hall–Kier alpha value is -2.14. The Morgan fingerprint density at radius 1 is 1.24 bits per heavy atom. The van der Waals surface area contributed by atoms with Crippen LogP contribution in [0.4, 0.5) is 10.8 Å². The van der Waals surface area contributed by atoms with Gasteiger partial charge in [-0.2, -0.15) is 5.26 Å². The monoisotopic (exact) mass is 429 g/mol. The molecule has 3 heterocycles. The standard InChI is InChI=1S/C21H24ClN5OS/c22-15-5-6-19(24-14-15)27-11-9-26(10-12-27)8-7-20(28)25-21-17(13-23)16-3-1-2-4-18(16)29-21/h5-6,14H,1-4,7-12H2,(H,25,28). The Kier molecular flexibility index (Phi) is 6.34. The van der Waals surface area contributed by atoms with Crippen molar-refractivity contribution in [3.63, 3.8) is 0 Å². The fourth-order valence-electron chi connectivity index (χ4n) is 3.98. The number of amides is 1. The zero-order valence-corrected chi connectivity index (χ0v) is 17.9. The number of rotatable bonds is 5. The van der Waals surface area contributed by atoms with Crippen molar-refractivity contribution in [1.82, 2.24) is 9.88 Å². The SMILES string of the molecule is N#Cc1c(NC(=O)CCN2CCN(c3ccc(Cl)cn3)CC2)sc2c1CCCC2. The first-order valence-electron chi connectivity index (χ1n) is 10.1. The van der Waals surface area contributed by atoms with Crippen LogP contribution in [0, 0.1) is 11.3 Å². The molecule has 1 fully saturated rings. The molecule has 0 bridgehead atoms. The van der Waals surface area contributed by atoms with Gasteiger partial charge in [-0.1, -0.05) is 11.6 Å². The van der Waals surface area contributed by atoms with Gasteiger partial charge in [0.05, 0.1) is 10.6 Å². The number of fused-ring (bicyclic) bond motifs is 1. The third-order valence-corrected chi connectivity index (χ3v) is 7.03. The number of carbonyl (C=O) groups is 1. The van der Waals surface area contributed by atoms with Crippen LogP contribution >= 0.6 is 22.9 Å². The largest absolute Gasteiger partial charge is 0.354 e. The number of hydrogen-bond acceptors (Lipinski definition) is 6. The van der Waals surface area contributed by atoms with Gasteiger partial charge in [-0.25, -0.2) is 4.98 Å². The summed E-state index contributed by atoms with van der Waals surface area (Å²) in [5.74, 6) is 0.930. The fourth-order valence-corrected chi connectivity index (χ4v) is 5.34. The summed E-state index contributed by atoms with van der Waals surface area (Å²) >= 11 is 7.49. The molecular formula is C21H24ClN5OS. The number of pyridine rings is 1. The lowest BCUT2D eigenvalue weighted by molar-refractivity contribution is -0.116. The van der Waals surface area contributed by atoms with Gasteiger partial charge in [0.15, 0.2) is 0 Å². The van der Waals surface area contributed by atoms with E-state index in [9.17, 15) is 10.1 Å². The first-order valence-corrected chi connectivity index (χ1v) is 11.3. The van der Waals surface area contributed by atoms with Crippen LogP contribution in [0.15, 0.2) is 18.3 Å². The van der Waals surface area contributed by atoms with Crippen LogP contribution in [0.25, 0.3) is 0 Å². The number of halogens is 1. The van der Waals surface area contributed by atoms with E-state index in [4.69, 9.17) is 11.6 Å². The molecule has 0 atom stereocenters. The molecule has 1 N–H and O–H groups in total. The smallest absolute Gasteiger partial charge is 0.226 e. The lowest BCUT2D eigenvalue weighted by atomic mass is 9.96. The van der Waals surface area contributed by atoms with Crippen molar-refractivity contribution in [1.29, 1.82) is 5.26 Å². The van der Waals surface area contributed by atoms with Gasteiger partial charge >= 0.3 is 0 Å². The highest BCUT2D eigenvalue weighted by Crippen LogP contribution is 2.37. The number of nitrogens with zero attached hydrogens (tertiary/aromatic N) is 4. The zero-order chi connectivity index (χ0) is 20.2. The van der Waals surface area contributed by atoms with Gasteiger partial charge in [-0.15, -0.1) is 11.3 Å². The third kappa shape index (κ3) is 4.72. The van der Waals surface area contributed by atoms with E-state index < -0.39 is 0 Å². The maximum atomic E-state index is 12.5. The van der Waals surface area contributed by atoms with Gasteiger partial charge < -0.3 is 10.2 Å². The molecule has 0 radical (unpaired) electrons. The van der Waals surface area contributed by atoms with Crippen molar-refractivity contribution < 1.29 is 4.79 Å². The van der Waals surface area contributed by atoms with Crippen molar-refractivity contribution >= 4 is 39.7 Å². The minimum Gasteiger partial charge on any atom is -0.354 e. The molecule has 1 aliphatic heterocycles. The Morgan fingerprint density at radius 3 is 2.76 bits per heavy atom. The highest BCUT2D eigenvalue weighted by Gasteiger charge is 2.22. The van der Waals surface area contributed by atoms with Crippen molar-refractivity contribution in [3.8, 4) is 6.07 Å². The molecule has 8 heteroatoms. The van der Waals surface area contributed by atoms with Gasteiger partial charge in [-0.3, -0.25) is 9.69 Å². The quantitative estimate of drug-likeness (QED) is 0.784. The first-order chi connectivity index (χ1) is 14.1.